The van der Waals surface area contributed by atoms with Crippen molar-refractivity contribution in [3.8, 4) is 5.75 Å². The van der Waals surface area contributed by atoms with Crippen LogP contribution in [0.15, 0.2) is 59.2 Å². The Labute approximate surface area is 146 Å². The molecule has 2 N–H and O–H groups in total. The molecule has 3 aromatic rings. The zero-order valence-corrected chi connectivity index (χ0v) is 14.3. The van der Waals surface area contributed by atoms with Gasteiger partial charge in [-0.25, -0.2) is 0 Å². The highest BCUT2D eigenvalue weighted by Crippen LogP contribution is 2.28. The van der Waals surface area contributed by atoms with E-state index < -0.39 is 5.60 Å². The second-order valence-corrected chi connectivity index (χ2v) is 6.03. The predicted octanol–water partition coefficient (Wildman–Crippen LogP) is 3.47. The minimum atomic E-state index is -1.30. The fourth-order valence-electron chi connectivity index (χ4n) is 2.77. The van der Waals surface area contributed by atoms with Crippen molar-refractivity contribution < 1.29 is 19.1 Å². The van der Waals surface area contributed by atoms with E-state index in [1.165, 1.54) is 6.26 Å². The van der Waals surface area contributed by atoms with E-state index in [-0.39, 0.29) is 12.5 Å². The summed E-state index contributed by atoms with van der Waals surface area (Å²) in [6.07, 6.45) is 1.49. The monoisotopic (exact) mass is 339 g/mol. The number of benzene rings is 2. The lowest BCUT2D eigenvalue weighted by molar-refractivity contribution is 0.0330. The van der Waals surface area contributed by atoms with Gasteiger partial charge in [0, 0.05) is 0 Å². The van der Waals surface area contributed by atoms with E-state index in [1.54, 1.807) is 25.1 Å². The van der Waals surface area contributed by atoms with Crippen LogP contribution in [-0.2, 0) is 5.60 Å². The molecule has 25 heavy (non-hydrogen) atoms. The summed E-state index contributed by atoms with van der Waals surface area (Å²) in [6.45, 7) is 3.95. The summed E-state index contributed by atoms with van der Waals surface area (Å²) >= 11 is 0. The van der Waals surface area contributed by atoms with E-state index in [9.17, 15) is 9.90 Å². The highest BCUT2D eigenvalue weighted by molar-refractivity contribution is 6.09. The van der Waals surface area contributed by atoms with Crippen molar-refractivity contribution in [2.45, 2.75) is 19.4 Å². The quantitative estimate of drug-likeness (QED) is 0.721. The molecule has 1 atom stereocenters. The molecule has 0 radical (unpaired) electrons. The van der Waals surface area contributed by atoms with Crippen LogP contribution < -0.4 is 10.1 Å². The number of rotatable bonds is 6. The van der Waals surface area contributed by atoms with Crippen molar-refractivity contribution in [3.05, 3.63) is 66.1 Å². The summed E-state index contributed by atoms with van der Waals surface area (Å²) in [4.78, 5) is 12.8. The molecular weight excluding hydrogens is 318 g/mol. The molecule has 0 aliphatic heterocycles. The molecule has 0 bridgehead atoms. The smallest absolute Gasteiger partial charge is 0.255 e. The third kappa shape index (κ3) is 3.51. The second kappa shape index (κ2) is 6.99. The average molecular weight is 339 g/mol. The Bertz CT molecular complexity index is 869. The maximum absolute atomic E-state index is 12.8. The molecule has 0 aliphatic rings. The van der Waals surface area contributed by atoms with Gasteiger partial charge in [-0.2, -0.15) is 0 Å². The van der Waals surface area contributed by atoms with Gasteiger partial charge in [-0.1, -0.05) is 30.3 Å². The predicted molar refractivity (Wildman–Crippen MR) is 95.7 cm³/mol. The molecular formula is C20H21NO4. The molecule has 0 spiro atoms. The number of aliphatic hydroxyl groups is 1. The molecule has 0 aliphatic carbocycles. The third-order valence-electron chi connectivity index (χ3n) is 4.06. The molecule has 130 valence electrons. The van der Waals surface area contributed by atoms with E-state index >= 15 is 0 Å². The normalized spacial score (nSPS) is 13.4. The molecule has 1 heterocycles. The minimum absolute atomic E-state index is 0.0220. The molecule has 2 aromatic carbocycles. The van der Waals surface area contributed by atoms with E-state index in [2.05, 4.69) is 5.32 Å². The summed E-state index contributed by atoms with van der Waals surface area (Å²) in [7, 11) is 0. The fraction of sp³-hybridized carbons (Fsp3) is 0.250. The molecule has 0 fully saturated rings. The van der Waals surface area contributed by atoms with Crippen molar-refractivity contribution in [1.82, 2.24) is 5.32 Å². The van der Waals surface area contributed by atoms with E-state index in [0.717, 1.165) is 10.8 Å². The molecule has 0 saturated heterocycles. The van der Waals surface area contributed by atoms with E-state index in [4.69, 9.17) is 9.15 Å². The molecule has 3 rings (SSSR count). The Balaban J connectivity index is 1.89. The van der Waals surface area contributed by atoms with Crippen LogP contribution in [0.1, 0.15) is 30.0 Å². The van der Waals surface area contributed by atoms with Gasteiger partial charge in [0.25, 0.3) is 5.91 Å². The number of carbonyl (C=O) groups is 1. The number of furan rings is 1. The highest BCUT2D eigenvalue weighted by Gasteiger charge is 2.28. The molecule has 1 amide bonds. The standard InChI is InChI=1S/C20H21NO4/c1-3-24-16-11-10-14-7-4-5-8-15(14)18(16)19(22)21-13-20(2,23)17-9-6-12-25-17/h4-12,23H,3,13H2,1-2H3,(H,21,22). The summed E-state index contributed by atoms with van der Waals surface area (Å²) in [6, 6.07) is 14.7. The van der Waals surface area contributed by atoms with Gasteiger partial charge in [-0.15, -0.1) is 0 Å². The van der Waals surface area contributed by atoms with Gasteiger partial charge < -0.3 is 19.6 Å². The third-order valence-corrected chi connectivity index (χ3v) is 4.06. The van der Waals surface area contributed by atoms with Crippen molar-refractivity contribution in [2.75, 3.05) is 13.2 Å². The lowest BCUT2D eigenvalue weighted by Gasteiger charge is -2.22. The van der Waals surface area contributed by atoms with Gasteiger partial charge in [0.1, 0.15) is 17.1 Å². The molecule has 5 heteroatoms. The zero-order valence-electron chi connectivity index (χ0n) is 14.3. The van der Waals surface area contributed by atoms with Crippen LogP contribution in [0.25, 0.3) is 10.8 Å². The first kappa shape index (κ1) is 17.0. The topological polar surface area (TPSA) is 71.7 Å². The van der Waals surface area contributed by atoms with Crippen molar-refractivity contribution in [2.24, 2.45) is 0 Å². The SMILES string of the molecule is CCOc1ccc2ccccc2c1C(=O)NCC(C)(O)c1ccco1. The summed E-state index contributed by atoms with van der Waals surface area (Å²) in [5, 5.41) is 15.1. The van der Waals surface area contributed by atoms with Crippen LogP contribution in [-0.4, -0.2) is 24.2 Å². The number of carbonyl (C=O) groups excluding carboxylic acids is 1. The first-order chi connectivity index (χ1) is 12.0. The van der Waals surface area contributed by atoms with E-state index in [1.807, 2.05) is 37.3 Å². The van der Waals surface area contributed by atoms with Crippen LogP contribution in [0.2, 0.25) is 0 Å². The van der Waals surface area contributed by atoms with Crippen LogP contribution >= 0.6 is 0 Å². The van der Waals surface area contributed by atoms with Gasteiger partial charge in [-0.3, -0.25) is 4.79 Å². The van der Waals surface area contributed by atoms with Crippen molar-refractivity contribution in [3.63, 3.8) is 0 Å². The van der Waals surface area contributed by atoms with Crippen LogP contribution in [0.4, 0.5) is 0 Å². The number of ether oxygens (including phenoxy) is 1. The van der Waals surface area contributed by atoms with Gasteiger partial charge in [0.05, 0.1) is 25.0 Å². The van der Waals surface area contributed by atoms with E-state index in [0.29, 0.717) is 23.7 Å². The Kier molecular flexibility index (Phi) is 4.76. The van der Waals surface area contributed by atoms with Gasteiger partial charge in [-0.05, 0) is 42.8 Å². The Morgan fingerprint density at radius 2 is 2.00 bits per heavy atom. The van der Waals surface area contributed by atoms with Crippen molar-refractivity contribution >= 4 is 16.7 Å². The highest BCUT2D eigenvalue weighted by atomic mass is 16.5. The number of nitrogens with one attached hydrogen (secondary N) is 1. The Morgan fingerprint density at radius 3 is 2.72 bits per heavy atom. The Morgan fingerprint density at radius 1 is 1.20 bits per heavy atom. The maximum Gasteiger partial charge on any atom is 0.255 e. The molecule has 1 aromatic heterocycles. The average Bonchev–Trinajstić information content (AvgIpc) is 3.15. The fourth-order valence-corrected chi connectivity index (χ4v) is 2.77. The molecule has 5 nitrogen and oxygen atoms in total. The van der Waals surface area contributed by atoms with Crippen molar-refractivity contribution in [1.29, 1.82) is 0 Å². The lowest BCUT2D eigenvalue weighted by Crippen LogP contribution is -2.38. The summed E-state index contributed by atoms with van der Waals surface area (Å²) in [5.41, 5.74) is -0.828. The minimum Gasteiger partial charge on any atom is -0.493 e. The largest absolute Gasteiger partial charge is 0.493 e. The number of amides is 1. The van der Waals surface area contributed by atoms with Crippen LogP contribution in [0.5, 0.6) is 5.75 Å². The van der Waals surface area contributed by atoms with Gasteiger partial charge in [0.2, 0.25) is 0 Å². The summed E-state index contributed by atoms with van der Waals surface area (Å²) in [5.74, 6) is 0.624. The number of hydrogen-bond donors (Lipinski definition) is 2. The maximum atomic E-state index is 12.8. The second-order valence-electron chi connectivity index (χ2n) is 6.03. The summed E-state index contributed by atoms with van der Waals surface area (Å²) < 4.78 is 10.9. The number of fused-ring (bicyclic) bond motifs is 1. The van der Waals surface area contributed by atoms with Gasteiger partial charge >= 0.3 is 0 Å². The first-order valence-corrected chi connectivity index (χ1v) is 8.22. The van der Waals surface area contributed by atoms with Crippen LogP contribution in [0.3, 0.4) is 0 Å². The number of hydrogen-bond acceptors (Lipinski definition) is 4. The van der Waals surface area contributed by atoms with Crippen LogP contribution in [0, 0.1) is 0 Å². The zero-order chi connectivity index (χ0) is 17.9. The Hall–Kier alpha value is -2.79. The molecule has 1 unspecified atom stereocenters. The van der Waals surface area contributed by atoms with Gasteiger partial charge in [0.15, 0.2) is 0 Å². The lowest BCUT2D eigenvalue weighted by atomic mass is 10.0. The molecule has 0 saturated carbocycles. The first-order valence-electron chi connectivity index (χ1n) is 8.22.